The van der Waals surface area contributed by atoms with Crippen LogP contribution in [-0.2, 0) is 0 Å². The molecule has 1 heterocycles. The molecular formula is C17H25NS2. The van der Waals surface area contributed by atoms with Crippen molar-refractivity contribution >= 4 is 23.5 Å². The fraction of sp³-hybridized carbons (Fsp3) is 0.647. The summed E-state index contributed by atoms with van der Waals surface area (Å²) < 4.78 is 0. The predicted octanol–water partition coefficient (Wildman–Crippen LogP) is 4.45. The highest BCUT2D eigenvalue weighted by molar-refractivity contribution is 8.06. The van der Waals surface area contributed by atoms with Gasteiger partial charge in [0.05, 0.1) is 0 Å². The van der Waals surface area contributed by atoms with Crippen LogP contribution in [-0.4, -0.2) is 29.1 Å². The molecule has 2 atom stereocenters. The lowest BCUT2D eigenvalue weighted by molar-refractivity contribution is 0.411. The monoisotopic (exact) mass is 307 g/mol. The maximum atomic E-state index is 3.78. The first kappa shape index (κ1) is 14.8. The van der Waals surface area contributed by atoms with Crippen LogP contribution in [0.2, 0.25) is 0 Å². The second-order valence-corrected chi connectivity index (χ2v) is 8.27. The van der Waals surface area contributed by atoms with E-state index in [0.717, 1.165) is 17.7 Å². The minimum atomic E-state index is 0.537. The van der Waals surface area contributed by atoms with Gasteiger partial charge in [0.2, 0.25) is 0 Å². The molecule has 2 fully saturated rings. The Morgan fingerprint density at radius 1 is 1.25 bits per heavy atom. The van der Waals surface area contributed by atoms with Gasteiger partial charge in [0.15, 0.2) is 0 Å². The van der Waals surface area contributed by atoms with Crippen molar-refractivity contribution in [3.8, 4) is 0 Å². The van der Waals surface area contributed by atoms with E-state index in [9.17, 15) is 0 Å². The Bertz CT molecular complexity index is 425. The van der Waals surface area contributed by atoms with Crippen molar-refractivity contribution in [3.63, 3.8) is 0 Å². The molecule has 1 aliphatic carbocycles. The van der Waals surface area contributed by atoms with Gasteiger partial charge >= 0.3 is 0 Å². The van der Waals surface area contributed by atoms with Crippen molar-refractivity contribution in [3.05, 3.63) is 35.4 Å². The molecular weight excluding hydrogens is 282 g/mol. The SMILES string of the molecule is CCNC(c1ccccc1C1CCC1)C1CSCCS1. The zero-order valence-electron chi connectivity index (χ0n) is 12.3. The molecule has 1 aromatic carbocycles. The molecule has 0 radical (unpaired) electrons. The Kier molecular flexibility index (Phi) is 5.36. The van der Waals surface area contributed by atoms with Gasteiger partial charge < -0.3 is 5.32 Å². The van der Waals surface area contributed by atoms with Gasteiger partial charge in [-0.2, -0.15) is 23.5 Å². The van der Waals surface area contributed by atoms with Gasteiger partial charge in [-0.1, -0.05) is 37.6 Å². The van der Waals surface area contributed by atoms with E-state index in [1.165, 1.54) is 36.5 Å². The van der Waals surface area contributed by atoms with Gasteiger partial charge in [0, 0.05) is 28.6 Å². The van der Waals surface area contributed by atoms with Crippen LogP contribution >= 0.6 is 23.5 Å². The van der Waals surface area contributed by atoms with E-state index in [2.05, 4.69) is 60.0 Å². The first-order valence-electron chi connectivity index (χ1n) is 7.91. The van der Waals surface area contributed by atoms with Gasteiger partial charge in [-0.25, -0.2) is 0 Å². The van der Waals surface area contributed by atoms with E-state index >= 15 is 0 Å². The smallest absolute Gasteiger partial charge is 0.0451 e. The van der Waals surface area contributed by atoms with E-state index in [1.807, 2.05) is 0 Å². The van der Waals surface area contributed by atoms with E-state index in [1.54, 1.807) is 11.1 Å². The average Bonchev–Trinajstić information content (AvgIpc) is 2.45. The third kappa shape index (κ3) is 3.20. The maximum absolute atomic E-state index is 3.78. The van der Waals surface area contributed by atoms with Gasteiger partial charge in [-0.15, -0.1) is 0 Å². The molecule has 2 unspecified atom stereocenters. The molecule has 2 aliphatic rings. The largest absolute Gasteiger partial charge is 0.309 e. The minimum absolute atomic E-state index is 0.537. The summed E-state index contributed by atoms with van der Waals surface area (Å²) in [6.45, 7) is 3.30. The van der Waals surface area contributed by atoms with Crippen LogP contribution in [0.15, 0.2) is 24.3 Å². The predicted molar refractivity (Wildman–Crippen MR) is 93.0 cm³/mol. The molecule has 0 bridgehead atoms. The summed E-state index contributed by atoms with van der Waals surface area (Å²) in [4.78, 5) is 0. The van der Waals surface area contributed by atoms with Crippen molar-refractivity contribution in [1.82, 2.24) is 5.32 Å². The highest BCUT2D eigenvalue weighted by Gasteiger charge is 2.30. The van der Waals surface area contributed by atoms with Gasteiger partial charge in [-0.3, -0.25) is 0 Å². The molecule has 1 saturated carbocycles. The molecule has 0 spiro atoms. The quantitative estimate of drug-likeness (QED) is 0.863. The topological polar surface area (TPSA) is 12.0 Å². The summed E-state index contributed by atoms with van der Waals surface area (Å²) in [6.07, 6.45) is 4.20. The molecule has 1 saturated heterocycles. The standard InChI is InChI=1S/C17H25NS2/c1-2-18-17(16-12-19-10-11-20-16)15-9-4-3-8-14(15)13-6-5-7-13/h3-4,8-9,13,16-18H,2,5-7,10-12H2,1H3. The Balaban J connectivity index is 1.85. The summed E-state index contributed by atoms with van der Waals surface area (Å²) >= 11 is 4.29. The van der Waals surface area contributed by atoms with Gasteiger partial charge in [-0.05, 0) is 36.4 Å². The number of nitrogens with one attached hydrogen (secondary N) is 1. The van der Waals surface area contributed by atoms with Crippen LogP contribution in [0.5, 0.6) is 0 Å². The maximum Gasteiger partial charge on any atom is 0.0451 e. The molecule has 1 nitrogen and oxygen atoms in total. The second kappa shape index (κ2) is 7.24. The number of rotatable bonds is 5. The van der Waals surface area contributed by atoms with Crippen LogP contribution in [0, 0.1) is 0 Å². The molecule has 0 aromatic heterocycles. The molecule has 3 rings (SSSR count). The summed E-state index contributed by atoms with van der Waals surface area (Å²) in [7, 11) is 0. The second-order valence-electron chi connectivity index (χ2n) is 5.78. The summed E-state index contributed by atoms with van der Waals surface area (Å²) in [6, 6.07) is 9.74. The third-order valence-electron chi connectivity index (χ3n) is 4.51. The Hall–Kier alpha value is -0.120. The lowest BCUT2D eigenvalue weighted by Gasteiger charge is -2.35. The molecule has 1 aliphatic heterocycles. The Labute approximate surface area is 131 Å². The Morgan fingerprint density at radius 2 is 2.10 bits per heavy atom. The van der Waals surface area contributed by atoms with E-state index in [0.29, 0.717) is 6.04 Å². The Morgan fingerprint density at radius 3 is 2.75 bits per heavy atom. The van der Waals surface area contributed by atoms with Crippen molar-refractivity contribution < 1.29 is 0 Å². The van der Waals surface area contributed by atoms with Crippen LogP contribution in [0.3, 0.4) is 0 Å². The molecule has 0 amide bonds. The molecule has 3 heteroatoms. The van der Waals surface area contributed by atoms with Gasteiger partial charge in [0.1, 0.15) is 0 Å². The first-order chi connectivity index (χ1) is 9.90. The van der Waals surface area contributed by atoms with Crippen molar-refractivity contribution in [2.24, 2.45) is 0 Å². The average molecular weight is 308 g/mol. The molecule has 20 heavy (non-hydrogen) atoms. The van der Waals surface area contributed by atoms with Crippen LogP contribution < -0.4 is 5.32 Å². The van der Waals surface area contributed by atoms with E-state index < -0.39 is 0 Å². The summed E-state index contributed by atoms with van der Waals surface area (Å²) in [5.74, 6) is 4.75. The summed E-state index contributed by atoms with van der Waals surface area (Å²) in [5, 5.41) is 4.51. The molecule has 1 N–H and O–H groups in total. The van der Waals surface area contributed by atoms with Crippen LogP contribution in [0.1, 0.15) is 49.3 Å². The zero-order valence-corrected chi connectivity index (χ0v) is 13.9. The van der Waals surface area contributed by atoms with Crippen LogP contribution in [0.4, 0.5) is 0 Å². The lowest BCUT2D eigenvalue weighted by Crippen LogP contribution is -2.34. The summed E-state index contributed by atoms with van der Waals surface area (Å²) in [5.41, 5.74) is 3.21. The lowest BCUT2D eigenvalue weighted by atomic mass is 9.77. The van der Waals surface area contributed by atoms with Crippen molar-refractivity contribution in [1.29, 1.82) is 0 Å². The van der Waals surface area contributed by atoms with Crippen molar-refractivity contribution in [2.75, 3.05) is 23.8 Å². The number of thioether (sulfide) groups is 2. The number of hydrogen-bond acceptors (Lipinski definition) is 3. The molecule has 1 aromatic rings. The highest BCUT2D eigenvalue weighted by atomic mass is 32.2. The first-order valence-corrected chi connectivity index (χ1v) is 10.1. The minimum Gasteiger partial charge on any atom is -0.309 e. The normalized spacial score (nSPS) is 25.1. The van der Waals surface area contributed by atoms with E-state index in [-0.39, 0.29) is 0 Å². The van der Waals surface area contributed by atoms with Gasteiger partial charge in [0.25, 0.3) is 0 Å². The fourth-order valence-electron chi connectivity index (χ4n) is 3.25. The number of benzene rings is 1. The van der Waals surface area contributed by atoms with Crippen molar-refractivity contribution in [2.45, 2.75) is 43.4 Å². The molecule has 110 valence electrons. The highest BCUT2D eigenvalue weighted by Crippen LogP contribution is 2.42. The number of hydrogen-bond donors (Lipinski definition) is 1. The fourth-order valence-corrected chi connectivity index (χ4v) is 6.10. The van der Waals surface area contributed by atoms with Crippen LogP contribution in [0.25, 0.3) is 0 Å². The zero-order chi connectivity index (χ0) is 13.8. The third-order valence-corrected chi connectivity index (χ3v) is 7.38. The van der Waals surface area contributed by atoms with E-state index in [4.69, 9.17) is 0 Å².